The van der Waals surface area contributed by atoms with Gasteiger partial charge >= 0.3 is 0 Å². The van der Waals surface area contributed by atoms with E-state index in [-0.39, 0.29) is 17.9 Å². The highest BCUT2D eigenvalue weighted by Crippen LogP contribution is 2.32. The Morgan fingerprint density at radius 1 is 1.14 bits per heavy atom. The van der Waals surface area contributed by atoms with Crippen LogP contribution in [0.3, 0.4) is 0 Å². The maximum absolute atomic E-state index is 13.4. The normalized spacial score (nSPS) is 14.4. The van der Waals surface area contributed by atoms with E-state index in [0.29, 0.717) is 41.9 Å². The molecule has 2 N–H and O–H groups in total. The molecule has 1 fully saturated rings. The number of aromatic amines is 1. The molecule has 5 aromatic rings. The SMILES string of the molecule is CN(C)C/C=C/C(=O)n1ccc2ccc(C(=O)N3CCC(Nc4ncc(Cl)c(-c5c[nH]c6ccccc56)n4)CC3)cc21. The van der Waals surface area contributed by atoms with Crippen molar-refractivity contribution in [1.82, 2.24) is 29.3 Å². The van der Waals surface area contributed by atoms with Crippen molar-refractivity contribution in [3.8, 4) is 11.3 Å². The number of benzene rings is 2. The summed E-state index contributed by atoms with van der Waals surface area (Å²) in [5.41, 5.74) is 3.91. The summed E-state index contributed by atoms with van der Waals surface area (Å²) in [5.74, 6) is 0.337. The number of likely N-dealkylation sites (N-methyl/N-ethyl adjacent to an activating group) is 1. The topological polar surface area (TPSA) is 99.1 Å². The van der Waals surface area contributed by atoms with Crippen LogP contribution >= 0.6 is 11.6 Å². The lowest BCUT2D eigenvalue weighted by Crippen LogP contribution is -2.42. The number of H-pyrrole nitrogens is 1. The summed E-state index contributed by atoms with van der Waals surface area (Å²) in [6.07, 6.45) is 10.2. The van der Waals surface area contributed by atoms with Gasteiger partial charge < -0.3 is 20.1 Å². The number of likely N-dealkylation sites (tertiary alicyclic amines) is 1. The van der Waals surface area contributed by atoms with Gasteiger partial charge in [0.1, 0.15) is 0 Å². The molecule has 42 heavy (non-hydrogen) atoms. The summed E-state index contributed by atoms with van der Waals surface area (Å²) in [6.45, 7) is 1.88. The molecule has 2 aromatic carbocycles. The summed E-state index contributed by atoms with van der Waals surface area (Å²) in [6, 6.07) is 15.6. The first-order valence-corrected chi connectivity index (χ1v) is 14.4. The van der Waals surface area contributed by atoms with E-state index in [9.17, 15) is 9.59 Å². The van der Waals surface area contributed by atoms with Gasteiger partial charge in [-0.1, -0.05) is 41.9 Å². The molecule has 1 aliphatic rings. The standard InChI is InChI=1S/C32H32ClN7O2/c1-38(2)14-5-8-29(41)40-17-11-21-9-10-22(18-28(21)40)31(42)39-15-12-23(13-16-39)36-32-35-20-26(33)30(37-32)25-19-34-27-7-4-3-6-24(25)27/h3-11,17-20,23,34H,12-16H2,1-2H3,(H,35,36,37)/b8-5+. The predicted octanol–water partition coefficient (Wildman–Crippen LogP) is 5.71. The molecule has 0 radical (unpaired) electrons. The molecule has 0 spiro atoms. The lowest BCUT2D eigenvalue weighted by Gasteiger charge is -2.32. The maximum atomic E-state index is 13.4. The van der Waals surface area contributed by atoms with Crippen LogP contribution < -0.4 is 5.32 Å². The number of halogens is 1. The van der Waals surface area contributed by atoms with Crippen molar-refractivity contribution >= 4 is 51.2 Å². The maximum Gasteiger partial charge on any atom is 0.254 e. The number of anilines is 1. The number of allylic oxidation sites excluding steroid dienone is 1. The van der Waals surface area contributed by atoms with E-state index in [1.54, 1.807) is 23.0 Å². The first-order valence-electron chi connectivity index (χ1n) is 14.0. The molecule has 4 heterocycles. The molecule has 10 heteroatoms. The van der Waals surface area contributed by atoms with Crippen LogP contribution in [0.1, 0.15) is 28.0 Å². The van der Waals surface area contributed by atoms with Gasteiger partial charge in [-0.05, 0) is 51.2 Å². The van der Waals surface area contributed by atoms with Gasteiger partial charge in [0.05, 0.1) is 22.4 Å². The van der Waals surface area contributed by atoms with Crippen LogP contribution in [0.2, 0.25) is 5.02 Å². The van der Waals surface area contributed by atoms with Crippen LogP contribution in [0.4, 0.5) is 5.95 Å². The van der Waals surface area contributed by atoms with Crippen LogP contribution in [0, 0.1) is 0 Å². The fourth-order valence-electron chi connectivity index (χ4n) is 5.38. The smallest absolute Gasteiger partial charge is 0.254 e. The highest BCUT2D eigenvalue weighted by atomic mass is 35.5. The van der Waals surface area contributed by atoms with Crippen molar-refractivity contribution in [3.63, 3.8) is 0 Å². The van der Waals surface area contributed by atoms with E-state index in [1.165, 1.54) is 0 Å². The predicted molar refractivity (Wildman–Crippen MR) is 167 cm³/mol. The Labute approximate surface area is 248 Å². The van der Waals surface area contributed by atoms with Gasteiger partial charge in [-0.15, -0.1) is 0 Å². The summed E-state index contributed by atoms with van der Waals surface area (Å²) in [7, 11) is 3.90. The van der Waals surface area contributed by atoms with Gasteiger partial charge in [0.25, 0.3) is 11.8 Å². The number of rotatable bonds is 7. The third-order valence-corrected chi connectivity index (χ3v) is 7.89. The highest BCUT2D eigenvalue weighted by Gasteiger charge is 2.25. The van der Waals surface area contributed by atoms with Gasteiger partial charge in [-0.25, -0.2) is 9.97 Å². The van der Waals surface area contributed by atoms with Crippen LogP contribution in [-0.2, 0) is 0 Å². The lowest BCUT2D eigenvalue weighted by molar-refractivity contribution is 0.0718. The van der Waals surface area contributed by atoms with E-state index in [1.807, 2.05) is 84.7 Å². The number of piperidine rings is 1. The zero-order valence-electron chi connectivity index (χ0n) is 23.5. The molecule has 0 saturated carbocycles. The molecule has 1 amide bonds. The minimum absolute atomic E-state index is 0.0388. The number of carbonyl (C=O) groups excluding carboxylic acids is 2. The molecule has 1 aliphatic heterocycles. The lowest BCUT2D eigenvalue weighted by atomic mass is 10.0. The van der Waals surface area contributed by atoms with E-state index in [4.69, 9.17) is 16.6 Å². The van der Waals surface area contributed by atoms with Gasteiger partial charge in [0, 0.05) is 71.6 Å². The highest BCUT2D eigenvalue weighted by molar-refractivity contribution is 6.33. The van der Waals surface area contributed by atoms with Crippen molar-refractivity contribution in [2.24, 2.45) is 0 Å². The molecule has 9 nitrogen and oxygen atoms in total. The van der Waals surface area contributed by atoms with Crippen LogP contribution in [-0.4, -0.2) is 80.9 Å². The van der Waals surface area contributed by atoms with Gasteiger partial charge in [-0.3, -0.25) is 14.2 Å². The Kier molecular flexibility index (Phi) is 7.78. The third kappa shape index (κ3) is 5.66. The monoisotopic (exact) mass is 581 g/mol. The Hall–Kier alpha value is -4.47. The van der Waals surface area contributed by atoms with Crippen molar-refractivity contribution in [1.29, 1.82) is 0 Å². The number of hydrogen-bond acceptors (Lipinski definition) is 6. The summed E-state index contributed by atoms with van der Waals surface area (Å²) >= 11 is 6.50. The number of fused-ring (bicyclic) bond motifs is 2. The zero-order chi connectivity index (χ0) is 29.2. The fourth-order valence-corrected chi connectivity index (χ4v) is 5.58. The minimum Gasteiger partial charge on any atom is -0.360 e. The molecule has 6 rings (SSSR count). The molecule has 1 saturated heterocycles. The largest absolute Gasteiger partial charge is 0.360 e. The van der Waals surface area contributed by atoms with Crippen molar-refractivity contribution < 1.29 is 9.59 Å². The number of hydrogen-bond donors (Lipinski definition) is 2. The minimum atomic E-state index is -0.138. The second kappa shape index (κ2) is 11.8. The Balaban J connectivity index is 1.11. The second-order valence-electron chi connectivity index (χ2n) is 10.8. The van der Waals surface area contributed by atoms with Crippen molar-refractivity contribution in [3.05, 3.63) is 89.9 Å². The van der Waals surface area contributed by atoms with E-state index in [0.717, 1.165) is 40.2 Å². The molecular weight excluding hydrogens is 550 g/mol. The van der Waals surface area contributed by atoms with E-state index >= 15 is 0 Å². The van der Waals surface area contributed by atoms with Gasteiger partial charge in [0.15, 0.2) is 0 Å². The second-order valence-corrected chi connectivity index (χ2v) is 11.2. The summed E-state index contributed by atoms with van der Waals surface area (Å²) < 4.78 is 1.59. The number of para-hydroxylation sites is 1. The van der Waals surface area contributed by atoms with Crippen molar-refractivity contribution in [2.75, 3.05) is 39.0 Å². The zero-order valence-corrected chi connectivity index (χ0v) is 24.3. The van der Waals surface area contributed by atoms with E-state index in [2.05, 4.69) is 15.3 Å². The number of amides is 1. The molecule has 214 valence electrons. The van der Waals surface area contributed by atoms with Crippen molar-refractivity contribution in [2.45, 2.75) is 18.9 Å². The molecule has 0 bridgehead atoms. The molecule has 0 atom stereocenters. The first-order chi connectivity index (χ1) is 20.4. The average molecular weight is 582 g/mol. The molecule has 0 aliphatic carbocycles. The average Bonchev–Trinajstić information content (AvgIpc) is 3.62. The number of aromatic nitrogens is 4. The molecular formula is C32H32ClN7O2. The number of carbonyl (C=O) groups is 2. The van der Waals surface area contributed by atoms with Gasteiger partial charge in [-0.2, -0.15) is 0 Å². The van der Waals surface area contributed by atoms with E-state index < -0.39 is 0 Å². The summed E-state index contributed by atoms with van der Waals surface area (Å²) in [5, 5.41) is 5.89. The number of nitrogens with zero attached hydrogens (tertiary/aromatic N) is 5. The Bertz CT molecular complexity index is 1800. The number of nitrogens with one attached hydrogen (secondary N) is 2. The van der Waals surface area contributed by atoms with Crippen LogP contribution in [0.25, 0.3) is 33.1 Å². The Morgan fingerprint density at radius 3 is 2.76 bits per heavy atom. The third-order valence-electron chi connectivity index (χ3n) is 7.61. The quantitative estimate of drug-likeness (QED) is 0.239. The first kappa shape index (κ1) is 27.7. The molecule has 3 aromatic heterocycles. The molecule has 0 unspecified atom stereocenters. The van der Waals surface area contributed by atoms with Crippen LogP contribution in [0.5, 0.6) is 0 Å². The fraction of sp³-hybridized carbons (Fsp3) is 0.250. The van der Waals surface area contributed by atoms with Gasteiger partial charge in [0.2, 0.25) is 5.95 Å². The Morgan fingerprint density at radius 2 is 1.95 bits per heavy atom. The van der Waals surface area contributed by atoms with Crippen LogP contribution in [0.15, 0.2) is 79.3 Å². The summed E-state index contributed by atoms with van der Waals surface area (Å²) in [4.78, 5) is 42.5.